The number of aromatic hydroxyl groups is 1. The summed E-state index contributed by atoms with van der Waals surface area (Å²) < 4.78 is 5.20. The van der Waals surface area contributed by atoms with Crippen LogP contribution in [0.2, 0.25) is 0 Å². The molecule has 21 heavy (non-hydrogen) atoms. The van der Waals surface area contributed by atoms with Gasteiger partial charge in [-0.2, -0.15) is 5.21 Å². The van der Waals surface area contributed by atoms with Gasteiger partial charge in [0.2, 0.25) is 0 Å². The number of hydrogen-bond acceptors (Lipinski definition) is 7. The van der Waals surface area contributed by atoms with Crippen LogP contribution in [0.5, 0.6) is 11.5 Å². The number of tetrazole rings is 1. The molecule has 3 aromatic rings. The molecule has 106 valence electrons. The minimum atomic E-state index is 0.0186. The van der Waals surface area contributed by atoms with Crippen molar-refractivity contribution in [1.29, 1.82) is 0 Å². The maximum atomic E-state index is 10.2. The van der Waals surface area contributed by atoms with Gasteiger partial charge in [-0.15, -0.1) is 16.4 Å². The molecular formula is C13H11N5O2S. The number of benzene rings is 1. The molecule has 0 aliphatic heterocycles. The van der Waals surface area contributed by atoms with E-state index in [0.29, 0.717) is 11.3 Å². The standard InChI is InChI=1S/C13H11N5O2S/c1-20-10-6-8(11-3-2-4-21-11)5-9(12(10)19)7-14-13-15-17-18-16-13/h2-7,19H,1H3,(H,15,16,17,18)/b14-7+. The van der Waals surface area contributed by atoms with Crippen molar-refractivity contribution in [3.63, 3.8) is 0 Å². The summed E-state index contributed by atoms with van der Waals surface area (Å²) in [5.74, 6) is 0.593. The number of aromatic nitrogens is 4. The Hall–Kier alpha value is -2.74. The molecule has 2 aromatic heterocycles. The molecule has 0 saturated carbocycles. The molecule has 0 saturated heterocycles. The van der Waals surface area contributed by atoms with Crippen molar-refractivity contribution in [2.45, 2.75) is 0 Å². The topological polar surface area (TPSA) is 96.3 Å². The number of H-pyrrole nitrogens is 1. The lowest BCUT2D eigenvalue weighted by Gasteiger charge is -2.08. The lowest BCUT2D eigenvalue weighted by molar-refractivity contribution is 0.373. The summed E-state index contributed by atoms with van der Waals surface area (Å²) in [4.78, 5) is 5.11. The number of hydrogen-bond donors (Lipinski definition) is 2. The Morgan fingerprint density at radius 3 is 3.00 bits per heavy atom. The van der Waals surface area contributed by atoms with Crippen LogP contribution >= 0.6 is 11.3 Å². The highest BCUT2D eigenvalue weighted by atomic mass is 32.1. The predicted molar refractivity (Wildman–Crippen MR) is 79.4 cm³/mol. The minimum Gasteiger partial charge on any atom is -0.504 e. The molecule has 0 atom stereocenters. The van der Waals surface area contributed by atoms with Crippen LogP contribution in [0.1, 0.15) is 5.56 Å². The fourth-order valence-electron chi connectivity index (χ4n) is 1.81. The molecule has 8 heteroatoms. The maximum Gasteiger partial charge on any atom is 0.288 e. The molecular weight excluding hydrogens is 290 g/mol. The van der Waals surface area contributed by atoms with Gasteiger partial charge in [0.25, 0.3) is 5.95 Å². The zero-order valence-electron chi connectivity index (χ0n) is 11.0. The molecule has 0 bridgehead atoms. The molecule has 0 amide bonds. The molecule has 0 aliphatic carbocycles. The van der Waals surface area contributed by atoms with E-state index in [2.05, 4.69) is 25.6 Å². The van der Waals surface area contributed by atoms with Crippen LogP contribution in [-0.2, 0) is 0 Å². The van der Waals surface area contributed by atoms with Crippen LogP contribution < -0.4 is 4.74 Å². The van der Waals surface area contributed by atoms with Crippen LogP contribution in [-0.4, -0.2) is 39.1 Å². The second kappa shape index (κ2) is 5.71. The molecule has 7 nitrogen and oxygen atoms in total. The summed E-state index contributed by atoms with van der Waals surface area (Å²) in [7, 11) is 1.51. The van der Waals surface area contributed by atoms with Crippen molar-refractivity contribution < 1.29 is 9.84 Å². The van der Waals surface area contributed by atoms with Gasteiger partial charge in [-0.05, 0) is 34.4 Å². The summed E-state index contributed by atoms with van der Waals surface area (Å²) in [6.07, 6.45) is 1.47. The van der Waals surface area contributed by atoms with Gasteiger partial charge in [-0.1, -0.05) is 11.2 Å². The van der Waals surface area contributed by atoms with Crippen molar-refractivity contribution in [3.8, 4) is 21.9 Å². The third kappa shape index (κ3) is 2.75. The average molecular weight is 301 g/mol. The SMILES string of the molecule is COc1cc(-c2cccs2)cc(/C=N/c2nn[nH]n2)c1O. The first kappa shape index (κ1) is 13.3. The summed E-state index contributed by atoms with van der Waals surface area (Å²) in [5.41, 5.74) is 1.46. The van der Waals surface area contributed by atoms with Crippen molar-refractivity contribution >= 4 is 23.5 Å². The van der Waals surface area contributed by atoms with E-state index in [1.54, 1.807) is 17.4 Å². The Kier molecular flexibility index (Phi) is 3.61. The number of phenolic OH excluding ortho intramolecular Hbond substituents is 1. The van der Waals surface area contributed by atoms with E-state index in [4.69, 9.17) is 4.74 Å². The fourth-order valence-corrected chi connectivity index (χ4v) is 2.52. The van der Waals surface area contributed by atoms with Crippen LogP contribution in [0.25, 0.3) is 10.4 Å². The summed E-state index contributed by atoms with van der Waals surface area (Å²) in [6, 6.07) is 7.57. The molecule has 0 aliphatic rings. The average Bonchev–Trinajstić information content (AvgIpc) is 3.19. The first-order valence-electron chi connectivity index (χ1n) is 6.00. The second-order valence-electron chi connectivity index (χ2n) is 4.06. The Balaban J connectivity index is 2.04. The van der Waals surface area contributed by atoms with Gasteiger partial charge in [-0.3, -0.25) is 0 Å². The van der Waals surface area contributed by atoms with Crippen molar-refractivity contribution in [3.05, 3.63) is 35.2 Å². The molecule has 0 radical (unpaired) electrons. The van der Waals surface area contributed by atoms with Gasteiger partial charge in [0.05, 0.1) is 7.11 Å². The number of thiophene rings is 1. The molecule has 2 heterocycles. The lowest BCUT2D eigenvalue weighted by atomic mass is 10.1. The number of nitrogens with one attached hydrogen (secondary N) is 1. The third-order valence-electron chi connectivity index (χ3n) is 2.78. The highest BCUT2D eigenvalue weighted by Gasteiger charge is 2.11. The van der Waals surface area contributed by atoms with Gasteiger partial charge in [0, 0.05) is 16.7 Å². The monoisotopic (exact) mass is 301 g/mol. The normalized spacial score (nSPS) is 11.1. The van der Waals surface area contributed by atoms with Crippen LogP contribution in [0, 0.1) is 0 Å². The van der Waals surface area contributed by atoms with E-state index >= 15 is 0 Å². The third-order valence-corrected chi connectivity index (χ3v) is 3.70. The van der Waals surface area contributed by atoms with Crippen LogP contribution in [0.4, 0.5) is 5.95 Å². The van der Waals surface area contributed by atoms with Crippen molar-refractivity contribution in [2.75, 3.05) is 7.11 Å². The number of aliphatic imine (C=N–C) groups is 1. The Bertz CT molecular complexity index is 753. The van der Waals surface area contributed by atoms with E-state index < -0.39 is 0 Å². The Morgan fingerprint density at radius 2 is 2.33 bits per heavy atom. The van der Waals surface area contributed by atoms with Gasteiger partial charge >= 0.3 is 0 Å². The number of aromatic amines is 1. The van der Waals surface area contributed by atoms with Crippen LogP contribution in [0.15, 0.2) is 34.6 Å². The van der Waals surface area contributed by atoms with Crippen molar-refractivity contribution in [2.24, 2.45) is 4.99 Å². The molecule has 0 spiro atoms. The zero-order chi connectivity index (χ0) is 14.7. The second-order valence-corrected chi connectivity index (χ2v) is 5.01. The maximum absolute atomic E-state index is 10.2. The molecule has 1 aromatic carbocycles. The Morgan fingerprint density at radius 1 is 1.43 bits per heavy atom. The Labute approximate surface area is 123 Å². The quantitative estimate of drug-likeness (QED) is 0.721. The number of rotatable bonds is 4. The molecule has 0 unspecified atom stereocenters. The first-order valence-corrected chi connectivity index (χ1v) is 6.88. The molecule has 2 N–H and O–H groups in total. The smallest absolute Gasteiger partial charge is 0.288 e. The molecule has 0 fully saturated rings. The number of methoxy groups -OCH3 is 1. The van der Waals surface area contributed by atoms with E-state index in [1.165, 1.54) is 13.3 Å². The van der Waals surface area contributed by atoms with Gasteiger partial charge in [0.15, 0.2) is 11.5 Å². The number of nitrogens with zero attached hydrogens (tertiary/aromatic N) is 4. The van der Waals surface area contributed by atoms with Gasteiger partial charge in [-0.25, -0.2) is 4.99 Å². The minimum absolute atomic E-state index is 0.0186. The highest BCUT2D eigenvalue weighted by Crippen LogP contribution is 2.36. The summed E-state index contributed by atoms with van der Waals surface area (Å²) in [6.45, 7) is 0. The zero-order valence-corrected chi connectivity index (χ0v) is 11.8. The van der Waals surface area contributed by atoms with E-state index in [0.717, 1.165) is 10.4 Å². The van der Waals surface area contributed by atoms with E-state index in [9.17, 15) is 5.11 Å². The summed E-state index contributed by atoms with van der Waals surface area (Å²) in [5, 5.41) is 25.3. The summed E-state index contributed by atoms with van der Waals surface area (Å²) >= 11 is 1.60. The number of phenols is 1. The highest BCUT2D eigenvalue weighted by molar-refractivity contribution is 7.13. The van der Waals surface area contributed by atoms with E-state index in [1.807, 2.05) is 23.6 Å². The molecule has 3 rings (SSSR count). The van der Waals surface area contributed by atoms with Gasteiger partial charge < -0.3 is 9.84 Å². The number of ether oxygens (including phenoxy) is 1. The first-order chi connectivity index (χ1) is 10.3. The fraction of sp³-hybridized carbons (Fsp3) is 0.0769. The van der Waals surface area contributed by atoms with Gasteiger partial charge in [0.1, 0.15) is 0 Å². The van der Waals surface area contributed by atoms with Crippen molar-refractivity contribution in [1.82, 2.24) is 20.6 Å². The largest absolute Gasteiger partial charge is 0.504 e. The predicted octanol–water partition coefficient (Wildman–Crippen LogP) is 2.39. The van der Waals surface area contributed by atoms with Crippen LogP contribution in [0.3, 0.4) is 0 Å². The lowest BCUT2D eigenvalue weighted by Crippen LogP contribution is -1.90. The van der Waals surface area contributed by atoms with E-state index in [-0.39, 0.29) is 11.7 Å².